The normalized spacial score (nSPS) is 22.8. The molecule has 1 aliphatic rings. The van der Waals surface area contributed by atoms with Crippen LogP contribution in [-0.2, 0) is 11.2 Å². The predicted octanol–water partition coefficient (Wildman–Crippen LogP) is 1.93. The maximum Gasteiger partial charge on any atom is 0.234 e. The summed E-state index contributed by atoms with van der Waals surface area (Å²) < 4.78 is 0. The summed E-state index contributed by atoms with van der Waals surface area (Å²) in [5.41, 5.74) is 6.83. The van der Waals surface area contributed by atoms with Gasteiger partial charge < -0.3 is 5.73 Å². The van der Waals surface area contributed by atoms with E-state index in [1.54, 1.807) is 0 Å². The van der Waals surface area contributed by atoms with Crippen molar-refractivity contribution in [3.63, 3.8) is 0 Å². The molecule has 0 aromatic carbocycles. The molecule has 2 unspecified atom stereocenters. The van der Waals surface area contributed by atoms with E-state index in [-0.39, 0.29) is 11.9 Å². The number of carbonyl (C=O) groups is 1. The Morgan fingerprint density at radius 3 is 3.12 bits per heavy atom. The Kier molecular flexibility index (Phi) is 3.30. The van der Waals surface area contributed by atoms with Crippen LogP contribution in [0.3, 0.4) is 0 Å². The first-order chi connectivity index (χ1) is 7.65. The highest BCUT2D eigenvalue weighted by Gasteiger charge is 2.31. The van der Waals surface area contributed by atoms with Crippen molar-refractivity contribution >= 4 is 17.2 Å². The average molecular weight is 238 g/mol. The van der Waals surface area contributed by atoms with Gasteiger partial charge in [-0.25, -0.2) is 0 Å². The predicted molar refractivity (Wildman–Crippen MR) is 66.4 cm³/mol. The molecule has 0 aliphatic carbocycles. The molecule has 1 aromatic rings. The molecule has 1 aromatic heterocycles. The summed E-state index contributed by atoms with van der Waals surface area (Å²) in [6, 6.07) is 2.36. The second kappa shape index (κ2) is 4.55. The van der Waals surface area contributed by atoms with Crippen LogP contribution in [0.2, 0.25) is 0 Å². The van der Waals surface area contributed by atoms with E-state index in [1.807, 2.05) is 18.3 Å². The van der Waals surface area contributed by atoms with Crippen molar-refractivity contribution in [2.24, 2.45) is 5.73 Å². The summed E-state index contributed by atoms with van der Waals surface area (Å²) in [6.45, 7) is 5.12. The first-order valence-corrected chi connectivity index (χ1v) is 6.64. The molecule has 0 saturated carbocycles. The number of hydrogen-bond acceptors (Lipinski definition) is 3. The van der Waals surface area contributed by atoms with Gasteiger partial charge in [-0.05, 0) is 36.8 Å². The van der Waals surface area contributed by atoms with Crippen LogP contribution in [-0.4, -0.2) is 23.4 Å². The standard InChI is InChI=1S/C12H18N2OS/c1-3-10(12(13)15)14-6-4-11-9(8(14)2)5-7-16-11/h5,7-8,10H,3-4,6H2,1-2H3,(H2,13,15). The number of carbonyl (C=O) groups excluding carboxylic acids is 1. The molecular formula is C12H18N2OS. The van der Waals surface area contributed by atoms with Gasteiger partial charge in [0.05, 0.1) is 6.04 Å². The van der Waals surface area contributed by atoms with Gasteiger partial charge in [-0.1, -0.05) is 6.92 Å². The fourth-order valence-corrected chi connectivity index (χ4v) is 3.52. The zero-order valence-corrected chi connectivity index (χ0v) is 10.6. The van der Waals surface area contributed by atoms with Crippen molar-refractivity contribution in [3.05, 3.63) is 21.9 Å². The van der Waals surface area contributed by atoms with E-state index in [4.69, 9.17) is 5.73 Å². The number of fused-ring (bicyclic) bond motifs is 1. The monoisotopic (exact) mass is 238 g/mol. The third kappa shape index (κ3) is 1.87. The Hall–Kier alpha value is -0.870. The number of nitrogens with zero attached hydrogens (tertiary/aromatic N) is 1. The molecule has 1 aliphatic heterocycles. The van der Waals surface area contributed by atoms with E-state index in [0.29, 0.717) is 6.04 Å². The molecule has 2 heterocycles. The first-order valence-electron chi connectivity index (χ1n) is 5.76. The van der Waals surface area contributed by atoms with Crippen molar-refractivity contribution in [2.45, 2.75) is 38.8 Å². The van der Waals surface area contributed by atoms with Gasteiger partial charge in [-0.3, -0.25) is 9.69 Å². The molecule has 0 bridgehead atoms. The molecule has 16 heavy (non-hydrogen) atoms. The Morgan fingerprint density at radius 2 is 2.50 bits per heavy atom. The molecule has 4 heteroatoms. The van der Waals surface area contributed by atoms with Gasteiger partial charge in [0.2, 0.25) is 5.91 Å². The topological polar surface area (TPSA) is 46.3 Å². The lowest BCUT2D eigenvalue weighted by Crippen LogP contribution is -2.47. The molecular weight excluding hydrogens is 220 g/mol. The summed E-state index contributed by atoms with van der Waals surface area (Å²) in [6.07, 6.45) is 1.83. The molecule has 0 radical (unpaired) electrons. The van der Waals surface area contributed by atoms with Crippen LogP contribution in [0.15, 0.2) is 11.4 Å². The molecule has 2 rings (SSSR count). The van der Waals surface area contributed by atoms with E-state index in [9.17, 15) is 4.79 Å². The fourth-order valence-electron chi connectivity index (χ4n) is 2.55. The summed E-state index contributed by atoms with van der Waals surface area (Å²) >= 11 is 1.82. The Balaban J connectivity index is 2.23. The molecule has 1 amide bonds. The van der Waals surface area contributed by atoms with Crippen LogP contribution in [0.4, 0.5) is 0 Å². The summed E-state index contributed by atoms with van der Waals surface area (Å²) in [4.78, 5) is 15.1. The highest BCUT2D eigenvalue weighted by molar-refractivity contribution is 7.10. The highest BCUT2D eigenvalue weighted by Crippen LogP contribution is 2.34. The van der Waals surface area contributed by atoms with Gasteiger partial charge in [0.25, 0.3) is 0 Å². The minimum Gasteiger partial charge on any atom is -0.368 e. The van der Waals surface area contributed by atoms with E-state index in [2.05, 4.69) is 23.3 Å². The van der Waals surface area contributed by atoms with Crippen LogP contribution < -0.4 is 5.73 Å². The van der Waals surface area contributed by atoms with Gasteiger partial charge >= 0.3 is 0 Å². The third-order valence-corrected chi connectivity index (χ3v) is 4.44. The first kappa shape index (κ1) is 11.6. The SMILES string of the molecule is CCC(C(N)=O)N1CCc2sccc2C1C. The molecule has 0 fully saturated rings. The number of hydrogen-bond donors (Lipinski definition) is 1. The summed E-state index contributed by atoms with van der Waals surface area (Å²) in [5, 5.41) is 2.13. The van der Waals surface area contributed by atoms with E-state index in [0.717, 1.165) is 19.4 Å². The number of nitrogens with two attached hydrogens (primary N) is 1. The van der Waals surface area contributed by atoms with Gasteiger partial charge in [0, 0.05) is 17.5 Å². The van der Waals surface area contributed by atoms with Crippen LogP contribution >= 0.6 is 11.3 Å². The molecule has 0 saturated heterocycles. The quantitative estimate of drug-likeness (QED) is 0.874. The van der Waals surface area contributed by atoms with Gasteiger partial charge in [-0.15, -0.1) is 11.3 Å². The average Bonchev–Trinajstić information content (AvgIpc) is 2.70. The number of primary amides is 1. The van der Waals surface area contributed by atoms with Crippen LogP contribution in [0.25, 0.3) is 0 Å². The van der Waals surface area contributed by atoms with Gasteiger partial charge in [0.15, 0.2) is 0 Å². The molecule has 2 atom stereocenters. The maximum atomic E-state index is 11.4. The maximum absolute atomic E-state index is 11.4. The molecule has 3 nitrogen and oxygen atoms in total. The molecule has 2 N–H and O–H groups in total. The van der Waals surface area contributed by atoms with Crippen molar-refractivity contribution < 1.29 is 4.79 Å². The van der Waals surface area contributed by atoms with Crippen molar-refractivity contribution in [1.29, 1.82) is 0 Å². The fraction of sp³-hybridized carbons (Fsp3) is 0.583. The Bertz CT molecular complexity index is 388. The largest absolute Gasteiger partial charge is 0.368 e. The Morgan fingerprint density at radius 1 is 1.75 bits per heavy atom. The number of thiophene rings is 1. The third-order valence-electron chi connectivity index (χ3n) is 3.44. The second-order valence-electron chi connectivity index (χ2n) is 4.29. The highest BCUT2D eigenvalue weighted by atomic mass is 32.1. The number of rotatable bonds is 3. The van der Waals surface area contributed by atoms with E-state index in [1.165, 1.54) is 10.4 Å². The van der Waals surface area contributed by atoms with Crippen molar-refractivity contribution in [3.8, 4) is 0 Å². The smallest absolute Gasteiger partial charge is 0.234 e. The van der Waals surface area contributed by atoms with E-state index >= 15 is 0 Å². The lowest BCUT2D eigenvalue weighted by molar-refractivity contribution is -0.124. The van der Waals surface area contributed by atoms with Crippen LogP contribution in [0, 0.1) is 0 Å². The number of amides is 1. The summed E-state index contributed by atoms with van der Waals surface area (Å²) in [5.74, 6) is -0.201. The lowest BCUT2D eigenvalue weighted by atomic mass is 9.98. The molecule has 0 spiro atoms. The minimum absolute atomic E-state index is 0.122. The summed E-state index contributed by atoms with van der Waals surface area (Å²) in [7, 11) is 0. The van der Waals surface area contributed by atoms with Crippen LogP contribution in [0.5, 0.6) is 0 Å². The van der Waals surface area contributed by atoms with Gasteiger partial charge in [-0.2, -0.15) is 0 Å². The van der Waals surface area contributed by atoms with Crippen molar-refractivity contribution in [2.75, 3.05) is 6.54 Å². The zero-order chi connectivity index (χ0) is 11.7. The van der Waals surface area contributed by atoms with Gasteiger partial charge in [0.1, 0.15) is 0 Å². The van der Waals surface area contributed by atoms with Crippen LogP contribution in [0.1, 0.15) is 36.8 Å². The lowest BCUT2D eigenvalue weighted by Gasteiger charge is -2.37. The minimum atomic E-state index is -0.201. The van der Waals surface area contributed by atoms with E-state index < -0.39 is 0 Å². The molecule has 88 valence electrons. The Labute approximate surface area is 100 Å². The van der Waals surface area contributed by atoms with Crippen molar-refractivity contribution in [1.82, 2.24) is 4.90 Å². The second-order valence-corrected chi connectivity index (χ2v) is 5.29. The zero-order valence-electron chi connectivity index (χ0n) is 9.77.